The molecule has 0 saturated heterocycles. The second-order valence-electron chi connectivity index (χ2n) is 13.2. The molecule has 1 unspecified atom stereocenters. The molecule has 11 rings (SSSR count). The van der Waals surface area contributed by atoms with Gasteiger partial charge < -0.3 is 13.6 Å². The molecule has 3 aromatic heterocycles. The van der Waals surface area contributed by atoms with Gasteiger partial charge in [-0.1, -0.05) is 102 Å². The van der Waals surface area contributed by atoms with E-state index in [1.165, 1.54) is 45.3 Å². The van der Waals surface area contributed by atoms with Gasteiger partial charge >= 0.3 is 0 Å². The van der Waals surface area contributed by atoms with Crippen molar-refractivity contribution in [2.75, 3.05) is 0 Å². The first-order valence-corrected chi connectivity index (χ1v) is 19.9. The fourth-order valence-corrected chi connectivity index (χ4v) is 11.2. The molecule has 6 heteroatoms. The van der Waals surface area contributed by atoms with Gasteiger partial charge in [0.25, 0.3) is 0 Å². The fourth-order valence-electron chi connectivity index (χ4n) is 7.69. The van der Waals surface area contributed by atoms with E-state index in [-0.39, 0.29) is 6.10 Å². The van der Waals surface area contributed by atoms with Gasteiger partial charge in [0, 0.05) is 67.7 Å². The monoisotopic (exact) mass is 736 g/mol. The first kappa shape index (κ1) is 30.9. The maximum absolute atomic E-state index is 6.55. The molecular formula is C47H28O3S3. The Balaban J connectivity index is 1.29. The SMILES string of the molecule is C1=COC(c2c(-c3occ4ccccc34)cc(-c3cc4cc5ccccc5cc4s3)c(-c3cccc4c3Sc3ccccc3S4)c2-c2ccco2)C=C1. The van der Waals surface area contributed by atoms with E-state index in [2.05, 4.69) is 133 Å². The van der Waals surface area contributed by atoms with Gasteiger partial charge in [-0.15, -0.1) is 11.3 Å². The number of furan rings is 2. The van der Waals surface area contributed by atoms with Crippen LogP contribution in [0.3, 0.4) is 0 Å². The Kier molecular flexibility index (Phi) is 7.29. The highest BCUT2D eigenvalue weighted by atomic mass is 32.2. The van der Waals surface area contributed by atoms with Crippen molar-refractivity contribution in [3.8, 4) is 44.2 Å². The lowest BCUT2D eigenvalue weighted by atomic mass is 9.82. The summed E-state index contributed by atoms with van der Waals surface area (Å²) >= 11 is 5.50. The zero-order valence-corrected chi connectivity index (χ0v) is 30.6. The van der Waals surface area contributed by atoms with Crippen molar-refractivity contribution in [1.29, 1.82) is 0 Å². The summed E-state index contributed by atoms with van der Waals surface area (Å²) in [6.07, 6.45) is 11.1. The van der Waals surface area contributed by atoms with E-state index in [9.17, 15) is 0 Å². The highest BCUT2D eigenvalue weighted by Crippen LogP contribution is 2.57. The molecule has 53 heavy (non-hydrogen) atoms. The van der Waals surface area contributed by atoms with Crippen LogP contribution in [0.25, 0.3) is 75.8 Å². The summed E-state index contributed by atoms with van der Waals surface area (Å²) in [5, 5.41) is 5.80. The molecule has 1 atom stereocenters. The van der Waals surface area contributed by atoms with E-state index < -0.39 is 0 Å². The summed E-state index contributed by atoms with van der Waals surface area (Å²) in [5.74, 6) is 1.59. The van der Waals surface area contributed by atoms with Crippen LogP contribution < -0.4 is 0 Å². The maximum atomic E-state index is 6.55. The van der Waals surface area contributed by atoms with E-state index in [0.717, 1.165) is 55.7 Å². The van der Waals surface area contributed by atoms with Crippen LogP contribution in [-0.2, 0) is 4.74 Å². The number of fused-ring (bicyclic) bond motifs is 5. The molecular weight excluding hydrogens is 709 g/mol. The van der Waals surface area contributed by atoms with E-state index >= 15 is 0 Å². The van der Waals surface area contributed by atoms with Crippen LogP contribution in [0.2, 0.25) is 0 Å². The summed E-state index contributed by atoms with van der Waals surface area (Å²) in [4.78, 5) is 6.19. The Labute approximate surface area is 318 Å². The molecule has 0 saturated carbocycles. The maximum Gasteiger partial charge on any atom is 0.143 e. The summed E-state index contributed by atoms with van der Waals surface area (Å²) in [5.41, 5.74) is 6.36. The van der Waals surface area contributed by atoms with E-state index in [1.54, 1.807) is 12.5 Å². The van der Waals surface area contributed by atoms with Crippen LogP contribution in [0.5, 0.6) is 0 Å². The molecule has 0 spiro atoms. The predicted octanol–water partition coefficient (Wildman–Crippen LogP) is 14.8. The molecule has 0 N–H and O–H groups in total. The average molecular weight is 737 g/mol. The largest absolute Gasteiger partial charge is 0.489 e. The minimum atomic E-state index is -0.387. The second-order valence-corrected chi connectivity index (χ2v) is 16.4. The Morgan fingerprint density at radius 2 is 1.34 bits per heavy atom. The molecule has 2 aliphatic rings. The highest BCUT2D eigenvalue weighted by molar-refractivity contribution is 8.05. The minimum absolute atomic E-state index is 0.387. The molecule has 6 aromatic carbocycles. The van der Waals surface area contributed by atoms with Crippen LogP contribution >= 0.6 is 34.9 Å². The van der Waals surface area contributed by atoms with Crippen LogP contribution in [-0.4, -0.2) is 0 Å². The van der Waals surface area contributed by atoms with Crippen molar-refractivity contribution in [2.45, 2.75) is 25.7 Å². The molecule has 3 nitrogen and oxygen atoms in total. The minimum Gasteiger partial charge on any atom is -0.489 e. The molecule has 5 heterocycles. The van der Waals surface area contributed by atoms with Crippen LogP contribution in [0.4, 0.5) is 0 Å². The van der Waals surface area contributed by atoms with Crippen molar-refractivity contribution in [2.24, 2.45) is 0 Å². The normalized spacial score (nSPS) is 14.8. The van der Waals surface area contributed by atoms with E-state index in [0.29, 0.717) is 0 Å². The molecule has 0 radical (unpaired) electrons. The number of hydrogen-bond acceptors (Lipinski definition) is 6. The van der Waals surface area contributed by atoms with Crippen molar-refractivity contribution in [3.63, 3.8) is 0 Å². The topological polar surface area (TPSA) is 35.5 Å². The highest BCUT2D eigenvalue weighted by Gasteiger charge is 2.33. The van der Waals surface area contributed by atoms with Crippen LogP contribution in [0.1, 0.15) is 11.7 Å². The van der Waals surface area contributed by atoms with Crippen molar-refractivity contribution in [3.05, 3.63) is 170 Å². The predicted molar refractivity (Wildman–Crippen MR) is 220 cm³/mol. The van der Waals surface area contributed by atoms with Gasteiger partial charge in [0.1, 0.15) is 17.6 Å². The Morgan fingerprint density at radius 3 is 2.17 bits per heavy atom. The Bertz CT molecular complexity index is 2890. The van der Waals surface area contributed by atoms with Gasteiger partial charge in [-0.05, 0) is 88.5 Å². The molecule has 0 amide bonds. The summed E-state index contributed by atoms with van der Waals surface area (Å²) in [7, 11) is 0. The quantitative estimate of drug-likeness (QED) is 0.176. The van der Waals surface area contributed by atoms with Crippen LogP contribution in [0, 0.1) is 0 Å². The number of benzene rings is 6. The van der Waals surface area contributed by atoms with Gasteiger partial charge in [-0.3, -0.25) is 0 Å². The second kappa shape index (κ2) is 12.5. The Hall–Kier alpha value is -5.66. The van der Waals surface area contributed by atoms with Gasteiger partial charge in [-0.2, -0.15) is 0 Å². The van der Waals surface area contributed by atoms with E-state index in [1.807, 2.05) is 53.3 Å². The third-order valence-electron chi connectivity index (χ3n) is 10.1. The third-order valence-corrected chi connectivity index (χ3v) is 13.8. The first-order chi connectivity index (χ1) is 26.3. The molecule has 252 valence electrons. The van der Waals surface area contributed by atoms with Crippen LogP contribution in [0.15, 0.2) is 193 Å². The zero-order valence-electron chi connectivity index (χ0n) is 28.1. The Morgan fingerprint density at radius 1 is 0.547 bits per heavy atom. The third kappa shape index (κ3) is 5.12. The smallest absolute Gasteiger partial charge is 0.143 e. The lowest BCUT2D eigenvalue weighted by Gasteiger charge is -2.28. The van der Waals surface area contributed by atoms with Crippen molar-refractivity contribution < 1.29 is 13.6 Å². The average Bonchev–Trinajstić information content (AvgIpc) is 3.99. The van der Waals surface area contributed by atoms with Gasteiger partial charge in [0.2, 0.25) is 0 Å². The standard InChI is InChI=1S/C47H28O3S3/c1-2-12-29-24-41-31(23-28(29)11-1)25-42(52-41)34-26-35(46-32-14-4-3-13-30(32)27-50-46)44(36-16-7-8-21-48-36)45(37-17-10-22-49-37)43(34)33-15-9-20-40-47(33)53-39-19-6-5-18-38(39)51-40/h1-27,36H. The number of rotatable bonds is 5. The summed E-state index contributed by atoms with van der Waals surface area (Å²) < 4.78 is 20.7. The lowest BCUT2D eigenvalue weighted by molar-refractivity contribution is 0.187. The van der Waals surface area contributed by atoms with Crippen molar-refractivity contribution in [1.82, 2.24) is 0 Å². The first-order valence-electron chi connectivity index (χ1n) is 17.5. The number of allylic oxidation sites excluding steroid dienone is 2. The molecule has 0 fully saturated rings. The zero-order chi connectivity index (χ0) is 34.9. The summed E-state index contributed by atoms with van der Waals surface area (Å²) in [6.45, 7) is 0. The molecule has 9 aromatic rings. The van der Waals surface area contributed by atoms with Gasteiger partial charge in [0.05, 0.1) is 18.8 Å². The molecule has 0 bridgehead atoms. The molecule has 2 aliphatic heterocycles. The molecule has 0 aliphatic carbocycles. The van der Waals surface area contributed by atoms with E-state index in [4.69, 9.17) is 13.6 Å². The number of hydrogen-bond donors (Lipinski definition) is 0. The van der Waals surface area contributed by atoms with Gasteiger partial charge in [-0.25, -0.2) is 0 Å². The lowest BCUT2D eigenvalue weighted by Crippen LogP contribution is -2.07. The summed E-state index contributed by atoms with van der Waals surface area (Å²) in [6, 6.07) is 45.7. The fraction of sp³-hybridized carbons (Fsp3) is 0.0213. The number of thiophene rings is 1. The van der Waals surface area contributed by atoms with Gasteiger partial charge in [0.15, 0.2) is 0 Å². The van der Waals surface area contributed by atoms with Crippen molar-refractivity contribution >= 4 is 66.5 Å². The number of ether oxygens (including phenoxy) is 1.